The van der Waals surface area contributed by atoms with Crippen LogP contribution in [-0.4, -0.2) is 27.3 Å². The van der Waals surface area contributed by atoms with Gasteiger partial charge in [-0.1, -0.05) is 123 Å². The summed E-state index contributed by atoms with van der Waals surface area (Å²) in [5, 5.41) is 0. The van der Waals surface area contributed by atoms with Crippen LogP contribution in [0.2, 0.25) is 0 Å². The van der Waals surface area contributed by atoms with Gasteiger partial charge in [-0.05, 0) is 11.1 Å². The Morgan fingerprint density at radius 3 is 1.43 bits per heavy atom. The third-order valence-electron chi connectivity index (χ3n) is 6.03. The predicted molar refractivity (Wildman–Crippen MR) is 149 cm³/mol. The number of allylic oxidation sites excluding steroid dienone is 1. The Morgan fingerprint density at radius 2 is 1.05 bits per heavy atom. The Balaban J connectivity index is 2.55. The van der Waals surface area contributed by atoms with Crippen molar-refractivity contribution in [2.75, 3.05) is 0 Å². The number of Topliss-reactive ketones (excluding diaryl/α,β-unsaturated/α-hetero) is 3. The highest BCUT2D eigenvalue weighted by atomic mass is 16.1. The molecule has 0 spiro atoms. The Morgan fingerprint density at radius 1 is 0.622 bits per heavy atom. The number of rotatable bonds is 6. The monoisotopic (exact) mass is 498 g/mol. The molecule has 5 nitrogen and oxygen atoms in total. The largest absolute Gasteiger partial charge is 0.332 e. The van der Waals surface area contributed by atoms with Crippen LogP contribution in [0, 0.1) is 16.2 Å². The fourth-order valence-electron chi connectivity index (χ4n) is 3.94. The van der Waals surface area contributed by atoms with E-state index in [1.54, 1.807) is 20.8 Å². The van der Waals surface area contributed by atoms with E-state index in [1.165, 1.54) is 0 Å². The van der Waals surface area contributed by atoms with Gasteiger partial charge in [0.2, 0.25) is 5.78 Å². The van der Waals surface area contributed by atoms with Gasteiger partial charge >= 0.3 is 0 Å². The van der Waals surface area contributed by atoms with Crippen LogP contribution in [0.5, 0.6) is 0 Å². The quantitative estimate of drug-likeness (QED) is 0.283. The van der Waals surface area contributed by atoms with E-state index < -0.39 is 16.2 Å². The van der Waals surface area contributed by atoms with Crippen molar-refractivity contribution in [3.8, 4) is 0 Å². The summed E-state index contributed by atoms with van der Waals surface area (Å²) in [5.41, 5.74) is 0.762. The van der Waals surface area contributed by atoms with E-state index >= 15 is 0 Å². The molecule has 0 aliphatic heterocycles. The zero-order valence-corrected chi connectivity index (χ0v) is 23.4. The highest BCUT2D eigenvalue weighted by Crippen LogP contribution is 2.39. The van der Waals surface area contributed by atoms with Gasteiger partial charge in [0.15, 0.2) is 17.4 Å². The molecule has 1 heterocycles. The minimum atomic E-state index is -0.778. The maximum Gasteiger partial charge on any atom is 0.203 e. The number of aromatic amines is 1. The van der Waals surface area contributed by atoms with Crippen molar-refractivity contribution in [3.05, 3.63) is 89.0 Å². The number of H-pyrrole nitrogens is 1. The zero-order valence-electron chi connectivity index (χ0n) is 23.4. The maximum atomic E-state index is 14.2. The van der Waals surface area contributed by atoms with Crippen molar-refractivity contribution in [1.29, 1.82) is 0 Å². The second-order valence-corrected chi connectivity index (χ2v) is 12.5. The molecule has 3 aromatic rings. The smallest absolute Gasteiger partial charge is 0.203 e. The molecule has 1 aromatic heterocycles. The fourth-order valence-corrected chi connectivity index (χ4v) is 3.94. The lowest BCUT2D eigenvalue weighted by atomic mass is 9.78. The van der Waals surface area contributed by atoms with Crippen molar-refractivity contribution in [1.82, 2.24) is 9.97 Å². The highest BCUT2D eigenvalue weighted by molar-refractivity contribution is 6.32. The van der Waals surface area contributed by atoms with E-state index in [0.717, 1.165) is 11.1 Å². The molecule has 37 heavy (non-hydrogen) atoms. The summed E-state index contributed by atoms with van der Waals surface area (Å²) < 4.78 is 0. The lowest BCUT2D eigenvalue weighted by molar-refractivity contribution is -0.120. The highest BCUT2D eigenvalue weighted by Gasteiger charge is 2.38. The van der Waals surface area contributed by atoms with Gasteiger partial charge in [-0.25, -0.2) is 4.98 Å². The molecule has 0 saturated heterocycles. The summed E-state index contributed by atoms with van der Waals surface area (Å²) in [7, 11) is 0. The van der Waals surface area contributed by atoms with Crippen molar-refractivity contribution in [2.24, 2.45) is 16.2 Å². The van der Waals surface area contributed by atoms with E-state index in [9.17, 15) is 14.4 Å². The molecule has 2 aromatic carbocycles. The standard InChI is InChI=1S/C32H38N2O3/c1-30(2,3)26(35)23(22(20-16-12-10-13-17-20)21-18-14-11-15-19-21)24-25(27(36)31(4,5)6)34-29(33-24)28(37)32(7,8)9/h10-19H,1-9H3,(H,33,34). The summed E-state index contributed by atoms with van der Waals surface area (Å²) >= 11 is 0. The number of benzene rings is 2. The molecule has 3 rings (SSSR count). The number of aromatic nitrogens is 2. The van der Waals surface area contributed by atoms with Crippen molar-refractivity contribution < 1.29 is 14.4 Å². The summed E-state index contributed by atoms with van der Waals surface area (Å²) in [5.74, 6) is -0.540. The van der Waals surface area contributed by atoms with Crippen LogP contribution in [0.4, 0.5) is 0 Å². The Labute approximate surface area is 220 Å². The van der Waals surface area contributed by atoms with Crippen molar-refractivity contribution in [2.45, 2.75) is 62.3 Å². The summed E-state index contributed by atoms with van der Waals surface area (Å²) in [6.45, 7) is 16.4. The summed E-state index contributed by atoms with van der Waals surface area (Å²) in [6, 6.07) is 19.3. The molecule has 0 aliphatic carbocycles. The van der Waals surface area contributed by atoms with Crippen LogP contribution in [0.25, 0.3) is 11.1 Å². The molecule has 194 valence electrons. The number of ketones is 3. The predicted octanol–water partition coefficient (Wildman–Crippen LogP) is 7.44. The van der Waals surface area contributed by atoms with Gasteiger partial charge in [0, 0.05) is 21.8 Å². The summed E-state index contributed by atoms with van der Waals surface area (Å²) in [4.78, 5) is 49.0. The number of nitrogens with one attached hydrogen (secondary N) is 1. The molecule has 0 saturated carbocycles. The van der Waals surface area contributed by atoms with Crippen LogP contribution in [0.1, 0.15) is 100 Å². The van der Waals surface area contributed by atoms with Gasteiger partial charge in [0.25, 0.3) is 0 Å². The zero-order chi connectivity index (χ0) is 27.8. The van der Waals surface area contributed by atoms with Crippen LogP contribution >= 0.6 is 0 Å². The number of hydrogen-bond donors (Lipinski definition) is 1. The van der Waals surface area contributed by atoms with Gasteiger partial charge in [-0.3, -0.25) is 14.4 Å². The van der Waals surface area contributed by atoms with Gasteiger partial charge in [-0.2, -0.15) is 0 Å². The second kappa shape index (κ2) is 10.0. The van der Waals surface area contributed by atoms with Crippen molar-refractivity contribution >= 4 is 28.5 Å². The lowest BCUT2D eigenvalue weighted by Crippen LogP contribution is -2.26. The average molecular weight is 499 g/mol. The number of nitrogens with zero attached hydrogens (tertiary/aromatic N) is 1. The van der Waals surface area contributed by atoms with Crippen LogP contribution < -0.4 is 0 Å². The average Bonchev–Trinajstić information content (AvgIpc) is 3.24. The molecule has 0 amide bonds. The maximum absolute atomic E-state index is 14.2. The first-order valence-electron chi connectivity index (χ1n) is 12.6. The molecule has 0 radical (unpaired) electrons. The number of carbonyl (C=O) groups excluding carboxylic acids is 3. The SMILES string of the molecule is CC(C)(C)C(=O)C(=C(c1ccccc1)c1ccccc1)c1nc(C(=O)C(C)(C)C)[nH]c1C(=O)C(C)(C)C. The first kappa shape index (κ1) is 28.0. The van der Waals surface area contributed by atoms with Crippen LogP contribution in [0.3, 0.4) is 0 Å². The topological polar surface area (TPSA) is 79.9 Å². The Kier molecular flexibility index (Phi) is 7.59. The van der Waals surface area contributed by atoms with E-state index in [-0.39, 0.29) is 34.6 Å². The third-order valence-corrected chi connectivity index (χ3v) is 6.03. The minimum Gasteiger partial charge on any atom is -0.332 e. The Bertz CT molecular complexity index is 1300. The number of hydrogen-bond acceptors (Lipinski definition) is 4. The summed E-state index contributed by atoms with van der Waals surface area (Å²) in [6.07, 6.45) is 0. The molecule has 0 aliphatic rings. The first-order valence-corrected chi connectivity index (χ1v) is 12.6. The van der Waals surface area contributed by atoms with Crippen LogP contribution in [-0.2, 0) is 4.79 Å². The van der Waals surface area contributed by atoms with E-state index in [1.807, 2.05) is 102 Å². The van der Waals surface area contributed by atoms with Crippen molar-refractivity contribution in [3.63, 3.8) is 0 Å². The molecule has 1 N–H and O–H groups in total. The molecule has 0 fully saturated rings. The second-order valence-electron chi connectivity index (χ2n) is 12.5. The van der Waals surface area contributed by atoms with Gasteiger partial charge in [-0.15, -0.1) is 0 Å². The fraction of sp³-hybridized carbons (Fsp3) is 0.375. The molecule has 5 heteroatoms. The van der Waals surface area contributed by atoms with Gasteiger partial charge in [0.1, 0.15) is 11.4 Å². The minimum absolute atomic E-state index is 0.0785. The number of imidazole rings is 1. The van der Waals surface area contributed by atoms with E-state index in [2.05, 4.69) is 4.98 Å². The van der Waals surface area contributed by atoms with Gasteiger partial charge < -0.3 is 4.98 Å². The molecular weight excluding hydrogens is 460 g/mol. The molecular formula is C32H38N2O3. The van der Waals surface area contributed by atoms with Gasteiger partial charge in [0.05, 0.1) is 5.57 Å². The Hall–Kier alpha value is -3.60. The van der Waals surface area contributed by atoms with E-state index in [0.29, 0.717) is 11.1 Å². The molecule has 0 bridgehead atoms. The normalized spacial score (nSPS) is 12.2. The molecule has 0 unspecified atom stereocenters. The van der Waals surface area contributed by atoms with Crippen LogP contribution in [0.15, 0.2) is 60.7 Å². The number of carbonyl (C=O) groups is 3. The lowest BCUT2D eigenvalue weighted by Gasteiger charge is -2.23. The molecule has 0 atom stereocenters. The third kappa shape index (κ3) is 6.04. The van der Waals surface area contributed by atoms with E-state index in [4.69, 9.17) is 4.98 Å². The first-order chi connectivity index (χ1) is 17.0.